The monoisotopic (exact) mass is 405 g/mol. The average molecular weight is 406 g/mol. The lowest BCUT2D eigenvalue weighted by Gasteiger charge is -2.41. The second kappa shape index (κ2) is 8.26. The van der Waals surface area contributed by atoms with Crippen LogP contribution in [0.25, 0.3) is 16.8 Å². The van der Waals surface area contributed by atoms with Gasteiger partial charge in [-0.25, -0.2) is 4.98 Å². The lowest BCUT2D eigenvalue weighted by molar-refractivity contribution is 0.147. The predicted octanol–water partition coefficient (Wildman–Crippen LogP) is 4.17. The molecular weight excluding hydrogens is 374 g/mol. The van der Waals surface area contributed by atoms with Crippen LogP contribution in [0.3, 0.4) is 0 Å². The van der Waals surface area contributed by atoms with Crippen LogP contribution in [0.4, 0.5) is 5.82 Å². The van der Waals surface area contributed by atoms with Crippen LogP contribution in [-0.4, -0.2) is 58.8 Å². The van der Waals surface area contributed by atoms with Crippen LogP contribution in [0.5, 0.6) is 5.75 Å². The quantitative estimate of drug-likeness (QED) is 0.652. The van der Waals surface area contributed by atoms with Crippen LogP contribution in [0, 0.1) is 6.92 Å². The summed E-state index contributed by atoms with van der Waals surface area (Å²) in [5, 5.41) is 4.74. The van der Waals surface area contributed by atoms with Crippen molar-refractivity contribution in [3.8, 4) is 16.9 Å². The van der Waals surface area contributed by atoms with E-state index >= 15 is 0 Å². The number of aromatic nitrogens is 3. The van der Waals surface area contributed by atoms with Crippen molar-refractivity contribution in [2.45, 2.75) is 45.1 Å². The van der Waals surface area contributed by atoms with E-state index in [-0.39, 0.29) is 0 Å². The Bertz CT molecular complexity index is 1020. The van der Waals surface area contributed by atoms with Crippen molar-refractivity contribution >= 4 is 11.5 Å². The number of benzene rings is 1. The van der Waals surface area contributed by atoms with Gasteiger partial charge in [0.1, 0.15) is 11.6 Å². The van der Waals surface area contributed by atoms with Gasteiger partial charge in [-0.15, -0.1) is 0 Å². The third-order valence-electron chi connectivity index (χ3n) is 6.71. The molecule has 1 aliphatic carbocycles. The zero-order valence-corrected chi connectivity index (χ0v) is 18.0. The van der Waals surface area contributed by atoms with E-state index in [0.29, 0.717) is 0 Å². The fraction of sp³-hybridized carbons (Fsp3) is 0.500. The van der Waals surface area contributed by atoms with Crippen LogP contribution < -0.4 is 9.64 Å². The van der Waals surface area contributed by atoms with Crippen LogP contribution >= 0.6 is 0 Å². The highest BCUT2D eigenvalue weighted by Crippen LogP contribution is 2.33. The molecule has 2 aromatic heterocycles. The van der Waals surface area contributed by atoms with E-state index in [1.54, 1.807) is 7.11 Å². The molecule has 1 aliphatic heterocycles. The van der Waals surface area contributed by atoms with Crippen molar-refractivity contribution in [1.29, 1.82) is 0 Å². The van der Waals surface area contributed by atoms with Crippen LogP contribution in [0.2, 0.25) is 0 Å². The summed E-state index contributed by atoms with van der Waals surface area (Å²) in [6.07, 6.45) is 8.88. The molecule has 0 radical (unpaired) electrons. The van der Waals surface area contributed by atoms with Gasteiger partial charge < -0.3 is 9.64 Å². The van der Waals surface area contributed by atoms with Crippen LogP contribution in [0.15, 0.2) is 36.5 Å². The molecular formula is C24H31N5O. The molecule has 3 heterocycles. The SMILES string of the molecule is COc1ccccc1-c1cnn2c(N3CCN(C4CCCCC4)CC3)cc(C)nc12. The Kier molecular flexibility index (Phi) is 5.34. The number of hydrogen-bond donors (Lipinski definition) is 0. The molecule has 6 heteroatoms. The van der Waals surface area contributed by atoms with Gasteiger partial charge in [0.05, 0.1) is 18.9 Å². The molecule has 158 valence electrons. The topological polar surface area (TPSA) is 45.9 Å². The molecule has 0 N–H and O–H groups in total. The third-order valence-corrected chi connectivity index (χ3v) is 6.71. The van der Waals surface area contributed by atoms with Gasteiger partial charge in [-0.1, -0.05) is 37.5 Å². The zero-order valence-electron chi connectivity index (χ0n) is 18.0. The van der Waals surface area contributed by atoms with Crippen molar-refractivity contribution in [3.63, 3.8) is 0 Å². The van der Waals surface area contributed by atoms with Crippen molar-refractivity contribution in [2.24, 2.45) is 0 Å². The molecule has 0 unspecified atom stereocenters. The Hall–Kier alpha value is -2.60. The molecule has 2 fully saturated rings. The number of para-hydroxylation sites is 1. The molecule has 30 heavy (non-hydrogen) atoms. The molecule has 0 amide bonds. The number of methoxy groups -OCH3 is 1. The van der Waals surface area contributed by atoms with Gasteiger partial charge in [0, 0.05) is 49.5 Å². The normalized spacial score (nSPS) is 18.8. The van der Waals surface area contributed by atoms with E-state index in [1.165, 1.54) is 32.1 Å². The molecule has 1 aromatic carbocycles. The Morgan fingerprint density at radius 1 is 0.967 bits per heavy atom. The number of aryl methyl sites for hydroxylation is 1. The van der Waals surface area contributed by atoms with E-state index < -0.39 is 0 Å². The highest BCUT2D eigenvalue weighted by molar-refractivity contribution is 5.82. The first-order valence-electron chi connectivity index (χ1n) is 11.2. The Labute approximate surface area is 178 Å². The lowest BCUT2D eigenvalue weighted by Crippen LogP contribution is -2.51. The number of ether oxygens (including phenoxy) is 1. The van der Waals surface area contributed by atoms with E-state index in [9.17, 15) is 0 Å². The molecule has 0 bridgehead atoms. The number of rotatable bonds is 4. The number of piperazine rings is 1. The predicted molar refractivity (Wildman–Crippen MR) is 120 cm³/mol. The largest absolute Gasteiger partial charge is 0.496 e. The summed E-state index contributed by atoms with van der Waals surface area (Å²) < 4.78 is 7.59. The highest BCUT2D eigenvalue weighted by atomic mass is 16.5. The summed E-state index contributed by atoms with van der Waals surface area (Å²) in [7, 11) is 1.71. The summed E-state index contributed by atoms with van der Waals surface area (Å²) >= 11 is 0. The fourth-order valence-electron chi connectivity index (χ4n) is 5.11. The highest BCUT2D eigenvalue weighted by Gasteiger charge is 2.27. The molecule has 0 atom stereocenters. The standard InChI is InChI=1S/C24H31N5O/c1-18-16-23(28-14-12-27(13-15-28)19-8-4-3-5-9-19)29-24(26-18)21(17-25-29)20-10-6-7-11-22(20)30-2/h6-7,10-11,16-17,19H,3-5,8-9,12-15H2,1-2H3. The molecule has 1 saturated heterocycles. The number of nitrogens with zero attached hydrogens (tertiary/aromatic N) is 5. The third kappa shape index (κ3) is 3.54. The average Bonchev–Trinajstić information content (AvgIpc) is 3.22. The molecule has 0 spiro atoms. The number of hydrogen-bond acceptors (Lipinski definition) is 5. The Balaban J connectivity index is 1.44. The van der Waals surface area contributed by atoms with Crippen molar-refractivity contribution in [3.05, 3.63) is 42.2 Å². The van der Waals surface area contributed by atoms with E-state index in [1.807, 2.05) is 28.9 Å². The first-order chi connectivity index (χ1) is 14.7. The minimum Gasteiger partial charge on any atom is -0.496 e. The van der Waals surface area contributed by atoms with Crippen molar-refractivity contribution in [2.75, 3.05) is 38.2 Å². The van der Waals surface area contributed by atoms with Gasteiger partial charge in [-0.3, -0.25) is 4.90 Å². The fourth-order valence-corrected chi connectivity index (χ4v) is 5.11. The zero-order chi connectivity index (χ0) is 20.5. The van der Waals surface area contributed by atoms with E-state index in [4.69, 9.17) is 14.8 Å². The Morgan fingerprint density at radius 2 is 1.73 bits per heavy atom. The maximum atomic E-state index is 5.58. The van der Waals surface area contributed by atoms with Gasteiger partial charge in [-0.2, -0.15) is 9.61 Å². The summed E-state index contributed by atoms with van der Waals surface area (Å²) in [4.78, 5) is 10.0. The summed E-state index contributed by atoms with van der Waals surface area (Å²) in [5.41, 5.74) is 3.95. The summed E-state index contributed by atoms with van der Waals surface area (Å²) in [6.45, 7) is 6.42. The maximum absolute atomic E-state index is 5.58. The second-order valence-electron chi connectivity index (χ2n) is 8.56. The number of fused-ring (bicyclic) bond motifs is 1. The van der Waals surface area contributed by atoms with Crippen molar-refractivity contribution < 1.29 is 4.74 Å². The first kappa shape index (κ1) is 19.4. The second-order valence-corrected chi connectivity index (χ2v) is 8.56. The minimum atomic E-state index is 0.793. The Morgan fingerprint density at radius 3 is 2.50 bits per heavy atom. The van der Waals surface area contributed by atoms with Crippen molar-refractivity contribution in [1.82, 2.24) is 19.5 Å². The molecule has 5 rings (SSSR count). The maximum Gasteiger partial charge on any atom is 0.165 e. The summed E-state index contributed by atoms with van der Waals surface area (Å²) in [6, 6.07) is 11.0. The van der Waals surface area contributed by atoms with Gasteiger partial charge in [0.25, 0.3) is 0 Å². The van der Waals surface area contributed by atoms with Gasteiger partial charge >= 0.3 is 0 Å². The van der Waals surface area contributed by atoms with Crippen LogP contribution in [0.1, 0.15) is 37.8 Å². The lowest BCUT2D eigenvalue weighted by atomic mass is 9.94. The first-order valence-corrected chi connectivity index (χ1v) is 11.2. The van der Waals surface area contributed by atoms with Gasteiger partial charge in [0.15, 0.2) is 5.65 Å². The smallest absolute Gasteiger partial charge is 0.165 e. The molecule has 3 aromatic rings. The number of anilines is 1. The summed E-state index contributed by atoms with van der Waals surface area (Å²) in [5.74, 6) is 1.99. The van der Waals surface area contributed by atoms with Gasteiger partial charge in [-0.05, 0) is 25.8 Å². The van der Waals surface area contributed by atoms with E-state index in [0.717, 1.165) is 66.3 Å². The van der Waals surface area contributed by atoms with Crippen LogP contribution in [-0.2, 0) is 0 Å². The van der Waals surface area contributed by atoms with Gasteiger partial charge in [0.2, 0.25) is 0 Å². The minimum absolute atomic E-state index is 0.793. The van der Waals surface area contributed by atoms with E-state index in [2.05, 4.69) is 28.9 Å². The molecule has 6 nitrogen and oxygen atoms in total. The molecule has 1 saturated carbocycles. The molecule has 2 aliphatic rings.